The van der Waals surface area contributed by atoms with Crippen LogP contribution in [0.3, 0.4) is 0 Å². The molecule has 0 bridgehead atoms. The van der Waals surface area contributed by atoms with E-state index in [1.807, 2.05) is 6.92 Å². The summed E-state index contributed by atoms with van der Waals surface area (Å²) in [7, 11) is 0. The number of rotatable bonds is 3. The smallest absolute Gasteiger partial charge is 0.148 e. The minimum Gasteiger partial charge on any atom is -0.322 e. The predicted octanol–water partition coefficient (Wildman–Crippen LogP) is 3.36. The second-order valence-electron chi connectivity index (χ2n) is 3.58. The van der Waals surface area contributed by atoms with Crippen molar-refractivity contribution in [3.05, 3.63) is 32.6 Å². The highest BCUT2D eigenvalue weighted by molar-refractivity contribution is 14.1. The molecule has 6 heteroatoms. The van der Waals surface area contributed by atoms with Crippen LogP contribution in [0.15, 0.2) is 18.2 Å². The second-order valence-corrected chi connectivity index (χ2v) is 5.76. The molecule has 1 unspecified atom stereocenters. The summed E-state index contributed by atoms with van der Waals surface area (Å²) in [5.74, 6) is -0.242. The maximum atomic E-state index is 13.0. The number of halogens is 2. The summed E-state index contributed by atoms with van der Waals surface area (Å²) in [4.78, 5) is 0. The number of nitrogens with two attached hydrogens (primary N) is 1. The predicted molar refractivity (Wildman–Crippen MR) is 75.2 cm³/mol. The lowest BCUT2D eigenvalue weighted by Crippen LogP contribution is -2.07. The quantitative estimate of drug-likeness (QED) is 0.851. The number of hydrogen-bond donors (Lipinski definition) is 1. The van der Waals surface area contributed by atoms with E-state index in [0.717, 1.165) is 25.6 Å². The Morgan fingerprint density at radius 3 is 2.88 bits per heavy atom. The van der Waals surface area contributed by atoms with Crippen LogP contribution in [0.2, 0.25) is 0 Å². The van der Waals surface area contributed by atoms with Crippen LogP contribution in [0, 0.1) is 9.39 Å². The molecule has 1 aromatic heterocycles. The molecule has 90 valence electrons. The molecule has 1 aromatic carbocycles. The van der Waals surface area contributed by atoms with Crippen molar-refractivity contribution in [1.29, 1.82) is 0 Å². The maximum absolute atomic E-state index is 13.0. The fraction of sp³-hybridized carbons (Fsp3) is 0.273. The van der Waals surface area contributed by atoms with Crippen molar-refractivity contribution in [2.24, 2.45) is 5.73 Å². The summed E-state index contributed by atoms with van der Waals surface area (Å²) in [6, 6.07) is 4.56. The zero-order chi connectivity index (χ0) is 12.4. The van der Waals surface area contributed by atoms with Crippen LogP contribution in [0.4, 0.5) is 4.39 Å². The molecule has 0 saturated carbocycles. The third-order valence-electron chi connectivity index (χ3n) is 2.36. The zero-order valence-corrected chi connectivity index (χ0v) is 12.1. The number of benzene rings is 1. The van der Waals surface area contributed by atoms with E-state index in [9.17, 15) is 4.39 Å². The van der Waals surface area contributed by atoms with Gasteiger partial charge in [-0.05, 0) is 47.2 Å². The first-order valence-corrected chi connectivity index (χ1v) is 7.05. The lowest BCUT2D eigenvalue weighted by molar-refractivity contribution is 0.627. The van der Waals surface area contributed by atoms with E-state index >= 15 is 0 Å². The van der Waals surface area contributed by atoms with Crippen LogP contribution in [0.5, 0.6) is 0 Å². The first kappa shape index (κ1) is 12.8. The Hall–Kier alpha value is -0.600. The monoisotopic (exact) mass is 363 g/mol. The van der Waals surface area contributed by atoms with Crippen LogP contribution in [-0.4, -0.2) is 10.2 Å². The van der Waals surface area contributed by atoms with Gasteiger partial charge in [0.05, 0.1) is 6.04 Å². The van der Waals surface area contributed by atoms with E-state index < -0.39 is 0 Å². The molecular formula is C11H11FIN3S. The molecule has 0 aliphatic carbocycles. The fourth-order valence-corrected chi connectivity index (χ4v) is 3.21. The Morgan fingerprint density at radius 2 is 2.24 bits per heavy atom. The van der Waals surface area contributed by atoms with Gasteiger partial charge in [0.15, 0.2) is 0 Å². The third kappa shape index (κ3) is 2.80. The summed E-state index contributed by atoms with van der Waals surface area (Å²) < 4.78 is 13.8. The molecule has 17 heavy (non-hydrogen) atoms. The molecule has 2 rings (SSSR count). The van der Waals surface area contributed by atoms with Crippen molar-refractivity contribution in [2.75, 3.05) is 0 Å². The van der Waals surface area contributed by atoms with Crippen LogP contribution >= 0.6 is 33.9 Å². The number of hydrogen-bond acceptors (Lipinski definition) is 4. The Kier molecular flexibility index (Phi) is 4.05. The average molecular weight is 363 g/mol. The van der Waals surface area contributed by atoms with Crippen molar-refractivity contribution in [3.8, 4) is 10.6 Å². The molecule has 2 N–H and O–H groups in total. The van der Waals surface area contributed by atoms with Crippen LogP contribution < -0.4 is 5.73 Å². The first-order valence-electron chi connectivity index (χ1n) is 5.16. The van der Waals surface area contributed by atoms with E-state index in [0.29, 0.717) is 0 Å². The first-order chi connectivity index (χ1) is 8.11. The summed E-state index contributed by atoms with van der Waals surface area (Å²) in [5, 5.41) is 9.79. The van der Waals surface area contributed by atoms with Gasteiger partial charge in [0.1, 0.15) is 15.8 Å². The number of nitrogens with zero attached hydrogens (tertiary/aromatic N) is 2. The lowest BCUT2D eigenvalue weighted by Gasteiger charge is -2.01. The average Bonchev–Trinajstić information content (AvgIpc) is 2.77. The molecule has 0 fully saturated rings. The van der Waals surface area contributed by atoms with E-state index in [-0.39, 0.29) is 11.9 Å². The number of aromatic nitrogens is 2. The Bertz CT molecular complexity index is 529. The molecule has 0 spiro atoms. The van der Waals surface area contributed by atoms with Gasteiger partial charge in [0, 0.05) is 9.13 Å². The molecule has 0 aliphatic rings. The molecule has 3 nitrogen and oxygen atoms in total. The Labute approximate surface area is 116 Å². The Morgan fingerprint density at radius 1 is 1.47 bits per heavy atom. The van der Waals surface area contributed by atoms with Gasteiger partial charge in [-0.2, -0.15) is 0 Å². The third-order valence-corrected chi connectivity index (χ3v) is 4.34. The van der Waals surface area contributed by atoms with Gasteiger partial charge in [0.2, 0.25) is 0 Å². The summed E-state index contributed by atoms with van der Waals surface area (Å²) in [6.07, 6.45) is 0.829. The summed E-state index contributed by atoms with van der Waals surface area (Å²) in [6.45, 7) is 2.01. The van der Waals surface area contributed by atoms with Crippen LogP contribution in [0.25, 0.3) is 10.6 Å². The molecule has 0 radical (unpaired) electrons. The standard InChI is InChI=1S/C11H11FIN3S/c1-2-9(14)11-16-15-10(17-11)7-4-3-6(12)5-8(7)13/h3-5,9H,2,14H2,1H3. The van der Waals surface area contributed by atoms with Gasteiger partial charge in [0.25, 0.3) is 0 Å². The molecule has 0 saturated heterocycles. The van der Waals surface area contributed by atoms with Crippen molar-refractivity contribution in [2.45, 2.75) is 19.4 Å². The van der Waals surface area contributed by atoms with Gasteiger partial charge < -0.3 is 5.73 Å². The van der Waals surface area contributed by atoms with Gasteiger partial charge in [-0.15, -0.1) is 10.2 Å². The van der Waals surface area contributed by atoms with Gasteiger partial charge >= 0.3 is 0 Å². The molecule has 0 aliphatic heterocycles. The SMILES string of the molecule is CCC(N)c1nnc(-c2ccc(F)cc2I)s1. The molecule has 2 aromatic rings. The van der Waals surface area contributed by atoms with Gasteiger partial charge in [-0.1, -0.05) is 18.3 Å². The highest BCUT2D eigenvalue weighted by atomic mass is 127. The highest BCUT2D eigenvalue weighted by Gasteiger charge is 2.13. The van der Waals surface area contributed by atoms with E-state index in [1.165, 1.54) is 23.5 Å². The normalized spacial score (nSPS) is 12.7. The zero-order valence-electron chi connectivity index (χ0n) is 9.15. The molecule has 1 atom stereocenters. The van der Waals surface area contributed by atoms with E-state index in [1.54, 1.807) is 6.07 Å². The topological polar surface area (TPSA) is 51.8 Å². The minimum atomic E-state index is -0.242. The summed E-state index contributed by atoms with van der Waals surface area (Å²) >= 11 is 3.56. The maximum Gasteiger partial charge on any atom is 0.148 e. The van der Waals surface area contributed by atoms with Crippen molar-refractivity contribution >= 4 is 33.9 Å². The van der Waals surface area contributed by atoms with Crippen molar-refractivity contribution < 1.29 is 4.39 Å². The molecule has 0 amide bonds. The summed E-state index contributed by atoms with van der Waals surface area (Å²) in [5.41, 5.74) is 6.80. The van der Waals surface area contributed by atoms with Crippen molar-refractivity contribution in [3.63, 3.8) is 0 Å². The second kappa shape index (κ2) is 5.36. The van der Waals surface area contributed by atoms with Crippen LogP contribution in [-0.2, 0) is 0 Å². The largest absolute Gasteiger partial charge is 0.322 e. The van der Waals surface area contributed by atoms with E-state index in [4.69, 9.17) is 5.73 Å². The lowest BCUT2D eigenvalue weighted by atomic mass is 10.2. The van der Waals surface area contributed by atoms with E-state index in [2.05, 4.69) is 32.8 Å². The van der Waals surface area contributed by atoms with Crippen LogP contribution in [0.1, 0.15) is 24.4 Å². The fourth-order valence-electron chi connectivity index (χ4n) is 1.33. The molecular weight excluding hydrogens is 352 g/mol. The Balaban J connectivity index is 2.37. The minimum absolute atomic E-state index is 0.0700. The molecule has 1 heterocycles. The van der Waals surface area contributed by atoms with Gasteiger partial charge in [-0.25, -0.2) is 4.39 Å². The highest BCUT2D eigenvalue weighted by Crippen LogP contribution is 2.30. The van der Waals surface area contributed by atoms with Gasteiger partial charge in [-0.3, -0.25) is 0 Å². The van der Waals surface area contributed by atoms with Crippen molar-refractivity contribution in [1.82, 2.24) is 10.2 Å².